The molecular formula is C15H17N5O4. The molecule has 1 aliphatic carbocycles. The van der Waals surface area contributed by atoms with E-state index in [4.69, 9.17) is 9.84 Å². The van der Waals surface area contributed by atoms with Gasteiger partial charge in [0.25, 0.3) is 5.91 Å². The van der Waals surface area contributed by atoms with Crippen LogP contribution in [0, 0.1) is 0 Å². The fourth-order valence-electron chi connectivity index (χ4n) is 2.18. The average molecular weight is 331 g/mol. The van der Waals surface area contributed by atoms with Gasteiger partial charge in [0.2, 0.25) is 5.88 Å². The number of ether oxygens (including phenoxy) is 1. The average Bonchev–Trinajstić information content (AvgIpc) is 2.95. The van der Waals surface area contributed by atoms with Crippen LogP contribution in [-0.2, 0) is 17.9 Å². The number of nitrogens with one attached hydrogen (secondary N) is 1. The fraction of sp³-hybridized carbons (Fsp3) is 0.400. The molecule has 24 heavy (non-hydrogen) atoms. The Kier molecular flexibility index (Phi) is 4.69. The molecule has 2 heterocycles. The van der Waals surface area contributed by atoms with Gasteiger partial charge in [-0.3, -0.25) is 9.59 Å². The summed E-state index contributed by atoms with van der Waals surface area (Å²) in [6.45, 7) is -0.118. The van der Waals surface area contributed by atoms with Crippen LogP contribution < -0.4 is 10.1 Å². The molecule has 0 unspecified atom stereocenters. The van der Waals surface area contributed by atoms with Crippen molar-refractivity contribution in [3.05, 3.63) is 35.8 Å². The molecule has 3 rings (SSSR count). The Morgan fingerprint density at radius 2 is 2.25 bits per heavy atom. The van der Waals surface area contributed by atoms with E-state index in [0.29, 0.717) is 17.1 Å². The van der Waals surface area contributed by atoms with E-state index < -0.39 is 5.97 Å². The lowest BCUT2D eigenvalue weighted by molar-refractivity contribution is -0.137. The molecule has 0 saturated heterocycles. The third kappa shape index (κ3) is 4.06. The van der Waals surface area contributed by atoms with Gasteiger partial charge in [0.1, 0.15) is 18.3 Å². The van der Waals surface area contributed by atoms with E-state index in [1.54, 1.807) is 12.1 Å². The molecule has 9 nitrogen and oxygen atoms in total. The molecule has 2 N–H and O–H groups in total. The van der Waals surface area contributed by atoms with Gasteiger partial charge in [-0.2, -0.15) is 0 Å². The Bertz CT molecular complexity index is 741. The van der Waals surface area contributed by atoms with Crippen molar-refractivity contribution in [1.82, 2.24) is 25.3 Å². The van der Waals surface area contributed by atoms with Crippen molar-refractivity contribution in [1.29, 1.82) is 0 Å². The number of carbonyl (C=O) groups is 2. The molecule has 0 aromatic carbocycles. The van der Waals surface area contributed by atoms with Crippen LogP contribution in [0.1, 0.15) is 35.3 Å². The maximum Gasteiger partial charge on any atom is 0.325 e. The molecule has 0 atom stereocenters. The summed E-state index contributed by atoms with van der Waals surface area (Å²) in [5, 5.41) is 18.9. The van der Waals surface area contributed by atoms with Crippen molar-refractivity contribution in [2.24, 2.45) is 0 Å². The van der Waals surface area contributed by atoms with Crippen molar-refractivity contribution in [2.45, 2.75) is 38.5 Å². The molecule has 9 heteroatoms. The quantitative estimate of drug-likeness (QED) is 0.763. The van der Waals surface area contributed by atoms with Crippen LogP contribution >= 0.6 is 0 Å². The monoisotopic (exact) mass is 331 g/mol. The second kappa shape index (κ2) is 7.07. The van der Waals surface area contributed by atoms with Gasteiger partial charge in [0.05, 0.1) is 12.7 Å². The number of carboxylic acid groups (broad SMARTS) is 1. The number of aromatic nitrogens is 4. The minimum atomic E-state index is -1.01. The number of hydrogen-bond donors (Lipinski definition) is 2. The molecule has 2 aromatic heterocycles. The normalized spacial score (nSPS) is 14.0. The number of aliphatic carboxylic acids is 1. The van der Waals surface area contributed by atoms with Crippen molar-refractivity contribution in [2.75, 3.05) is 0 Å². The van der Waals surface area contributed by atoms with E-state index in [2.05, 4.69) is 20.6 Å². The van der Waals surface area contributed by atoms with Gasteiger partial charge >= 0.3 is 5.97 Å². The highest BCUT2D eigenvalue weighted by Crippen LogP contribution is 2.24. The topological polar surface area (TPSA) is 119 Å². The maximum absolute atomic E-state index is 12.2. The lowest BCUT2D eigenvalue weighted by atomic mass is 9.96. The van der Waals surface area contributed by atoms with Gasteiger partial charge in [-0.25, -0.2) is 9.67 Å². The number of hydrogen-bond acceptors (Lipinski definition) is 6. The predicted octanol–water partition coefficient (Wildman–Crippen LogP) is 0.619. The molecule has 0 bridgehead atoms. The van der Waals surface area contributed by atoms with Crippen molar-refractivity contribution in [3.63, 3.8) is 0 Å². The number of amides is 1. The first-order chi connectivity index (χ1) is 11.6. The Morgan fingerprint density at radius 3 is 2.96 bits per heavy atom. The molecule has 0 spiro atoms. The maximum atomic E-state index is 12.2. The first-order valence-corrected chi connectivity index (χ1v) is 7.62. The second-order valence-corrected chi connectivity index (χ2v) is 5.54. The number of carbonyl (C=O) groups excluding carboxylic acids is 1. The highest BCUT2D eigenvalue weighted by molar-refractivity contribution is 5.94. The standard InChI is InChI=1S/C15H17N5O4/c21-14(22)9-20-8-11(18-19-20)7-17-15(23)10-4-5-16-13(6-10)24-12-2-1-3-12/h4-6,8,12H,1-3,7,9H2,(H,17,23)(H,21,22). The lowest BCUT2D eigenvalue weighted by Gasteiger charge is -2.25. The molecule has 0 radical (unpaired) electrons. The van der Waals surface area contributed by atoms with Crippen LogP contribution in [0.25, 0.3) is 0 Å². The van der Waals surface area contributed by atoms with Crippen LogP contribution in [0.2, 0.25) is 0 Å². The zero-order chi connectivity index (χ0) is 16.9. The zero-order valence-electron chi connectivity index (χ0n) is 12.9. The molecule has 1 fully saturated rings. The van der Waals surface area contributed by atoms with E-state index in [1.807, 2.05) is 0 Å². The number of pyridine rings is 1. The number of nitrogens with zero attached hydrogens (tertiary/aromatic N) is 4. The first-order valence-electron chi connectivity index (χ1n) is 7.62. The van der Waals surface area contributed by atoms with Crippen LogP contribution in [0.5, 0.6) is 5.88 Å². The van der Waals surface area contributed by atoms with Gasteiger partial charge in [-0.05, 0) is 25.3 Å². The summed E-state index contributed by atoms with van der Waals surface area (Å²) in [4.78, 5) is 26.9. The Balaban J connectivity index is 1.55. The van der Waals surface area contributed by atoms with Crippen molar-refractivity contribution >= 4 is 11.9 Å². The summed E-state index contributed by atoms with van der Waals surface area (Å²) >= 11 is 0. The van der Waals surface area contributed by atoms with Gasteiger partial charge in [-0.15, -0.1) is 5.10 Å². The lowest BCUT2D eigenvalue weighted by Crippen LogP contribution is -2.26. The molecular weight excluding hydrogens is 314 g/mol. The fourth-order valence-corrected chi connectivity index (χ4v) is 2.18. The Morgan fingerprint density at radius 1 is 1.42 bits per heavy atom. The van der Waals surface area contributed by atoms with E-state index >= 15 is 0 Å². The predicted molar refractivity (Wildman–Crippen MR) is 81.3 cm³/mol. The molecule has 0 aliphatic heterocycles. The van der Waals surface area contributed by atoms with Crippen LogP contribution in [-0.4, -0.2) is 43.1 Å². The minimum Gasteiger partial charge on any atom is -0.480 e. The van der Waals surface area contributed by atoms with E-state index in [-0.39, 0.29) is 25.1 Å². The second-order valence-electron chi connectivity index (χ2n) is 5.54. The highest BCUT2D eigenvalue weighted by atomic mass is 16.5. The number of carboxylic acids is 1. The van der Waals surface area contributed by atoms with Crippen molar-refractivity contribution in [3.8, 4) is 5.88 Å². The number of rotatable bonds is 7. The SMILES string of the molecule is O=C(O)Cn1cc(CNC(=O)c2ccnc(OC3CCC3)c2)nn1. The highest BCUT2D eigenvalue weighted by Gasteiger charge is 2.20. The summed E-state index contributed by atoms with van der Waals surface area (Å²) in [5.41, 5.74) is 0.918. The Labute approximate surface area is 137 Å². The molecule has 1 aliphatic rings. The van der Waals surface area contributed by atoms with Gasteiger partial charge in [0, 0.05) is 17.8 Å². The van der Waals surface area contributed by atoms with Gasteiger partial charge in [0.15, 0.2) is 0 Å². The zero-order valence-corrected chi connectivity index (χ0v) is 12.9. The van der Waals surface area contributed by atoms with Crippen LogP contribution in [0.3, 0.4) is 0 Å². The largest absolute Gasteiger partial charge is 0.480 e. The Hall–Kier alpha value is -2.97. The van der Waals surface area contributed by atoms with Crippen molar-refractivity contribution < 1.29 is 19.4 Å². The van der Waals surface area contributed by atoms with E-state index in [0.717, 1.165) is 19.3 Å². The summed E-state index contributed by atoms with van der Waals surface area (Å²) in [7, 11) is 0. The van der Waals surface area contributed by atoms with E-state index in [1.165, 1.54) is 17.1 Å². The first kappa shape index (κ1) is 15.9. The third-order valence-corrected chi connectivity index (χ3v) is 3.65. The van der Waals surface area contributed by atoms with Crippen LogP contribution in [0.4, 0.5) is 0 Å². The molecule has 1 saturated carbocycles. The summed E-state index contributed by atoms with van der Waals surface area (Å²) in [5.74, 6) is -0.852. The molecule has 126 valence electrons. The van der Waals surface area contributed by atoms with Gasteiger partial charge in [-0.1, -0.05) is 5.21 Å². The van der Waals surface area contributed by atoms with E-state index in [9.17, 15) is 9.59 Å². The summed E-state index contributed by atoms with van der Waals surface area (Å²) in [6, 6.07) is 3.21. The molecule has 2 aromatic rings. The summed E-state index contributed by atoms with van der Waals surface area (Å²) < 4.78 is 6.87. The smallest absolute Gasteiger partial charge is 0.325 e. The van der Waals surface area contributed by atoms with Gasteiger partial charge < -0.3 is 15.2 Å². The molecule has 1 amide bonds. The summed E-state index contributed by atoms with van der Waals surface area (Å²) in [6.07, 6.45) is 6.40. The minimum absolute atomic E-state index is 0.152. The third-order valence-electron chi connectivity index (χ3n) is 3.65. The van der Waals surface area contributed by atoms with Crippen LogP contribution in [0.15, 0.2) is 24.5 Å².